The van der Waals surface area contributed by atoms with Gasteiger partial charge < -0.3 is 15.0 Å². The van der Waals surface area contributed by atoms with E-state index in [9.17, 15) is 0 Å². The minimum Gasteiger partial charge on any atom is -0.376 e. The van der Waals surface area contributed by atoms with Crippen molar-refractivity contribution in [3.63, 3.8) is 0 Å². The first-order valence-corrected chi connectivity index (χ1v) is 8.90. The number of anilines is 2. The van der Waals surface area contributed by atoms with E-state index in [1.54, 1.807) is 0 Å². The summed E-state index contributed by atoms with van der Waals surface area (Å²) in [6, 6.07) is 10.2. The minimum absolute atomic E-state index is 0.212. The van der Waals surface area contributed by atoms with Gasteiger partial charge in [0, 0.05) is 26.7 Å². The average molecular weight is 354 g/mol. The zero-order valence-corrected chi connectivity index (χ0v) is 14.8. The highest BCUT2D eigenvalue weighted by atomic mass is 16.6. The van der Waals surface area contributed by atoms with E-state index in [0.29, 0.717) is 23.7 Å². The van der Waals surface area contributed by atoms with Crippen LogP contribution < -0.4 is 10.2 Å². The van der Waals surface area contributed by atoms with Crippen LogP contribution in [-0.4, -0.2) is 46.6 Å². The maximum atomic E-state index is 5.85. The van der Waals surface area contributed by atoms with Crippen molar-refractivity contribution in [1.82, 2.24) is 20.3 Å². The normalized spacial score (nSPS) is 17.3. The molecule has 0 spiro atoms. The highest BCUT2D eigenvalue weighted by Gasteiger charge is 2.21. The van der Waals surface area contributed by atoms with E-state index in [-0.39, 0.29) is 6.10 Å². The molecule has 1 aromatic carbocycles. The third-order valence-electron chi connectivity index (χ3n) is 4.51. The number of nitrogens with zero attached hydrogens (tertiary/aromatic N) is 5. The van der Waals surface area contributed by atoms with Crippen LogP contribution in [0.5, 0.6) is 0 Å². The first-order chi connectivity index (χ1) is 12.8. The Morgan fingerprint density at radius 3 is 2.69 bits per heavy atom. The van der Waals surface area contributed by atoms with Gasteiger partial charge in [-0.2, -0.15) is 0 Å². The second-order valence-corrected chi connectivity index (χ2v) is 6.52. The number of benzene rings is 1. The maximum Gasteiger partial charge on any atom is 0.245 e. The molecular weight excluding hydrogens is 332 g/mol. The van der Waals surface area contributed by atoms with Crippen molar-refractivity contribution in [2.45, 2.75) is 31.9 Å². The number of hydrogen-bond acceptors (Lipinski definition) is 8. The van der Waals surface area contributed by atoms with Gasteiger partial charge >= 0.3 is 0 Å². The van der Waals surface area contributed by atoms with Crippen LogP contribution in [0.2, 0.25) is 0 Å². The Balaban J connectivity index is 1.56. The predicted molar refractivity (Wildman–Crippen MR) is 98.0 cm³/mol. The van der Waals surface area contributed by atoms with Gasteiger partial charge in [0.1, 0.15) is 0 Å². The average Bonchev–Trinajstić information content (AvgIpc) is 3.14. The summed E-state index contributed by atoms with van der Waals surface area (Å²) in [5.74, 6) is 1.38. The van der Waals surface area contributed by atoms with E-state index in [4.69, 9.17) is 9.37 Å². The van der Waals surface area contributed by atoms with Gasteiger partial charge in [-0.15, -0.1) is 0 Å². The lowest BCUT2D eigenvalue weighted by atomic mass is 10.1. The molecule has 0 bridgehead atoms. The molecule has 1 aliphatic rings. The summed E-state index contributed by atoms with van der Waals surface area (Å²) < 4.78 is 10.6. The van der Waals surface area contributed by atoms with Crippen molar-refractivity contribution in [2.24, 2.45) is 0 Å². The molecule has 8 heteroatoms. The topological polar surface area (TPSA) is 89.2 Å². The molecule has 3 aromatic rings. The summed E-state index contributed by atoms with van der Waals surface area (Å²) in [7, 11) is 2.00. The van der Waals surface area contributed by atoms with Gasteiger partial charge in [0.15, 0.2) is 11.6 Å². The number of hydrogen-bond donors (Lipinski definition) is 1. The van der Waals surface area contributed by atoms with E-state index in [0.717, 1.165) is 37.4 Å². The molecule has 1 saturated heterocycles. The molecule has 26 heavy (non-hydrogen) atoms. The van der Waals surface area contributed by atoms with E-state index in [2.05, 4.69) is 42.6 Å². The van der Waals surface area contributed by atoms with E-state index >= 15 is 0 Å². The van der Waals surface area contributed by atoms with Gasteiger partial charge in [-0.25, -0.2) is 14.6 Å². The lowest BCUT2D eigenvalue weighted by molar-refractivity contribution is 0.0215. The van der Waals surface area contributed by atoms with Gasteiger partial charge in [0.2, 0.25) is 11.3 Å². The van der Waals surface area contributed by atoms with E-state index in [1.165, 1.54) is 6.42 Å². The van der Waals surface area contributed by atoms with Crippen LogP contribution in [0.15, 0.2) is 35.0 Å². The van der Waals surface area contributed by atoms with Crippen molar-refractivity contribution in [3.8, 4) is 0 Å². The van der Waals surface area contributed by atoms with E-state index < -0.39 is 0 Å². The third kappa shape index (κ3) is 3.75. The number of ether oxygens (including phenoxy) is 1. The molecule has 8 nitrogen and oxygen atoms in total. The number of fused-ring (bicyclic) bond motifs is 1. The molecule has 0 aliphatic carbocycles. The molecule has 1 atom stereocenters. The zero-order valence-electron chi connectivity index (χ0n) is 14.8. The first kappa shape index (κ1) is 16.7. The van der Waals surface area contributed by atoms with Gasteiger partial charge in [0.25, 0.3) is 0 Å². The molecule has 1 N–H and O–H groups in total. The van der Waals surface area contributed by atoms with Crippen molar-refractivity contribution in [2.75, 3.05) is 30.4 Å². The Hall–Kier alpha value is -2.74. The fraction of sp³-hybridized carbons (Fsp3) is 0.444. The maximum absolute atomic E-state index is 5.85. The number of nitrogens with one attached hydrogen (secondary N) is 1. The molecular formula is C18H22N6O2. The summed E-state index contributed by atoms with van der Waals surface area (Å²) in [5, 5.41) is 11.0. The molecule has 3 heterocycles. The lowest BCUT2D eigenvalue weighted by Gasteiger charge is -2.28. The Labute approximate surface area is 151 Å². The molecule has 1 aliphatic heterocycles. The zero-order chi connectivity index (χ0) is 17.8. The molecule has 0 amide bonds. The van der Waals surface area contributed by atoms with Crippen molar-refractivity contribution >= 4 is 22.9 Å². The Morgan fingerprint density at radius 1 is 1.12 bits per heavy atom. The van der Waals surface area contributed by atoms with Crippen LogP contribution in [-0.2, 0) is 11.3 Å². The Bertz CT molecular complexity index is 847. The van der Waals surface area contributed by atoms with E-state index in [1.807, 2.05) is 25.2 Å². The third-order valence-corrected chi connectivity index (χ3v) is 4.51. The van der Waals surface area contributed by atoms with Crippen LogP contribution in [0.25, 0.3) is 11.3 Å². The van der Waals surface area contributed by atoms with Gasteiger partial charge in [-0.3, -0.25) is 0 Å². The predicted octanol–water partition coefficient (Wildman–Crippen LogP) is 2.63. The van der Waals surface area contributed by atoms with Crippen LogP contribution in [0.3, 0.4) is 0 Å². The van der Waals surface area contributed by atoms with Gasteiger partial charge in [-0.1, -0.05) is 30.3 Å². The summed E-state index contributed by atoms with van der Waals surface area (Å²) >= 11 is 0. The summed E-state index contributed by atoms with van der Waals surface area (Å²) in [6.45, 7) is 2.23. The van der Waals surface area contributed by atoms with Gasteiger partial charge in [-0.05, 0) is 35.1 Å². The molecule has 0 saturated carbocycles. The second-order valence-electron chi connectivity index (χ2n) is 6.52. The fourth-order valence-corrected chi connectivity index (χ4v) is 3.14. The Morgan fingerprint density at radius 2 is 1.92 bits per heavy atom. The number of aromatic nitrogens is 4. The monoisotopic (exact) mass is 354 g/mol. The molecule has 0 radical (unpaired) electrons. The number of rotatable bonds is 6. The smallest absolute Gasteiger partial charge is 0.245 e. The van der Waals surface area contributed by atoms with Crippen LogP contribution in [0.4, 0.5) is 11.6 Å². The largest absolute Gasteiger partial charge is 0.376 e. The van der Waals surface area contributed by atoms with Crippen molar-refractivity contribution < 1.29 is 9.37 Å². The summed E-state index contributed by atoms with van der Waals surface area (Å²) in [6.07, 6.45) is 3.62. The molecule has 136 valence electrons. The lowest BCUT2D eigenvalue weighted by Crippen LogP contribution is -2.34. The first-order valence-electron chi connectivity index (χ1n) is 8.90. The fourth-order valence-electron chi connectivity index (χ4n) is 3.14. The minimum atomic E-state index is 0.212. The van der Waals surface area contributed by atoms with Crippen molar-refractivity contribution in [1.29, 1.82) is 0 Å². The molecule has 1 unspecified atom stereocenters. The highest BCUT2D eigenvalue weighted by Crippen LogP contribution is 2.25. The van der Waals surface area contributed by atoms with Crippen molar-refractivity contribution in [3.05, 3.63) is 35.9 Å². The molecule has 2 aromatic heterocycles. The summed E-state index contributed by atoms with van der Waals surface area (Å²) in [5.41, 5.74) is 1.96. The molecule has 1 fully saturated rings. The SMILES string of the molecule is CN(CC1CCCCO1)c1nc2nonc2nc1NCc1ccccc1. The van der Waals surface area contributed by atoms with Crippen LogP contribution in [0, 0.1) is 0 Å². The number of likely N-dealkylation sites (N-methyl/N-ethyl adjacent to an activating group) is 1. The summed E-state index contributed by atoms with van der Waals surface area (Å²) in [4.78, 5) is 11.2. The van der Waals surface area contributed by atoms with Crippen LogP contribution >= 0.6 is 0 Å². The quantitative estimate of drug-likeness (QED) is 0.723. The van der Waals surface area contributed by atoms with Gasteiger partial charge in [0.05, 0.1) is 6.10 Å². The molecule has 4 rings (SSSR count). The Kier molecular flexibility index (Phi) is 4.92. The van der Waals surface area contributed by atoms with Crippen LogP contribution in [0.1, 0.15) is 24.8 Å². The highest BCUT2D eigenvalue weighted by molar-refractivity contribution is 5.73. The standard InChI is InChI=1S/C18H22N6O2/c1-24(12-14-9-5-6-10-25-14)18-17(19-11-13-7-3-2-4-8-13)20-15-16(21-18)23-26-22-15/h2-4,7-8,14H,5-6,9-12H2,1H3,(H,19,20,22). The second kappa shape index (κ2) is 7.65.